The van der Waals surface area contributed by atoms with Gasteiger partial charge in [0.2, 0.25) is 5.91 Å². The summed E-state index contributed by atoms with van der Waals surface area (Å²) in [7, 11) is 4.11. The number of amidine groups is 1. The molecule has 0 bridgehead atoms. The lowest BCUT2D eigenvalue weighted by Gasteiger charge is -2.36. The van der Waals surface area contributed by atoms with E-state index < -0.39 is 5.92 Å². The third-order valence-corrected chi connectivity index (χ3v) is 4.27. The van der Waals surface area contributed by atoms with Gasteiger partial charge in [0.15, 0.2) is 5.84 Å². The topological polar surface area (TPSA) is 91.0 Å². The van der Waals surface area contributed by atoms with Gasteiger partial charge in [-0.15, -0.1) is 0 Å². The molecule has 1 atom stereocenters. The Labute approximate surface area is 115 Å². The van der Waals surface area contributed by atoms with E-state index in [1.54, 1.807) is 0 Å². The molecule has 1 aliphatic rings. The number of likely N-dealkylation sites (N-methyl/N-ethyl adjacent to an activating group) is 1. The smallest absolute Gasteiger partial charge is 0.230 e. The van der Waals surface area contributed by atoms with Crippen LogP contribution >= 0.6 is 0 Å². The summed E-state index contributed by atoms with van der Waals surface area (Å²) in [6, 6.07) is 0. The second-order valence-electron chi connectivity index (χ2n) is 5.53. The van der Waals surface area contributed by atoms with E-state index >= 15 is 0 Å². The molecule has 1 unspecified atom stereocenters. The number of nitrogens with zero attached hydrogens (tertiary/aromatic N) is 2. The molecular weight excluding hydrogens is 244 g/mol. The van der Waals surface area contributed by atoms with Gasteiger partial charge in [0.25, 0.3) is 0 Å². The Bertz CT molecular complexity index is 336. The van der Waals surface area contributed by atoms with Gasteiger partial charge in [-0.05, 0) is 33.4 Å². The van der Waals surface area contributed by atoms with E-state index in [4.69, 9.17) is 10.9 Å². The van der Waals surface area contributed by atoms with Crippen LogP contribution in [0.15, 0.2) is 5.16 Å². The highest BCUT2D eigenvalue weighted by Gasteiger charge is 2.36. The first kappa shape index (κ1) is 15.8. The molecule has 19 heavy (non-hydrogen) atoms. The van der Waals surface area contributed by atoms with Crippen LogP contribution in [0.25, 0.3) is 0 Å². The van der Waals surface area contributed by atoms with E-state index in [1.807, 2.05) is 6.92 Å². The second-order valence-corrected chi connectivity index (χ2v) is 5.53. The highest BCUT2D eigenvalue weighted by atomic mass is 16.4. The SMILES string of the molecule is CCC(C(=O)NCC1(N(C)C)CCCC1)C(N)=NO. The first-order valence-corrected chi connectivity index (χ1v) is 6.89. The fraction of sp³-hybridized carbons (Fsp3) is 0.846. The first-order valence-electron chi connectivity index (χ1n) is 6.89. The zero-order valence-electron chi connectivity index (χ0n) is 12.1. The van der Waals surface area contributed by atoms with Gasteiger partial charge < -0.3 is 21.2 Å². The van der Waals surface area contributed by atoms with Gasteiger partial charge in [-0.2, -0.15) is 0 Å². The Morgan fingerprint density at radius 3 is 2.47 bits per heavy atom. The number of oxime groups is 1. The van der Waals surface area contributed by atoms with Gasteiger partial charge >= 0.3 is 0 Å². The molecule has 6 nitrogen and oxygen atoms in total. The Balaban J connectivity index is 2.62. The highest BCUT2D eigenvalue weighted by Crippen LogP contribution is 2.33. The molecule has 0 saturated heterocycles. The number of nitrogens with one attached hydrogen (secondary N) is 1. The van der Waals surface area contributed by atoms with E-state index in [-0.39, 0.29) is 17.3 Å². The van der Waals surface area contributed by atoms with Crippen LogP contribution in [0.2, 0.25) is 0 Å². The Morgan fingerprint density at radius 1 is 1.47 bits per heavy atom. The largest absolute Gasteiger partial charge is 0.409 e. The third-order valence-electron chi connectivity index (χ3n) is 4.27. The van der Waals surface area contributed by atoms with E-state index in [2.05, 4.69) is 29.5 Å². The molecule has 1 aliphatic carbocycles. The van der Waals surface area contributed by atoms with Gasteiger partial charge in [-0.25, -0.2) is 0 Å². The molecule has 0 radical (unpaired) electrons. The zero-order valence-corrected chi connectivity index (χ0v) is 12.1. The van der Waals surface area contributed by atoms with Crippen LogP contribution < -0.4 is 11.1 Å². The maximum Gasteiger partial charge on any atom is 0.230 e. The molecule has 1 fully saturated rings. The van der Waals surface area contributed by atoms with Crippen molar-refractivity contribution in [3.05, 3.63) is 0 Å². The number of rotatable bonds is 6. The Morgan fingerprint density at radius 2 is 2.05 bits per heavy atom. The summed E-state index contributed by atoms with van der Waals surface area (Å²) in [5.74, 6) is -0.734. The molecule has 0 aromatic carbocycles. The molecule has 1 rings (SSSR count). The summed E-state index contributed by atoms with van der Waals surface area (Å²) in [4.78, 5) is 14.3. The molecule has 0 aromatic heterocycles. The van der Waals surface area contributed by atoms with Crippen molar-refractivity contribution in [3.8, 4) is 0 Å². The predicted molar refractivity (Wildman–Crippen MR) is 75.1 cm³/mol. The van der Waals surface area contributed by atoms with Crippen molar-refractivity contribution >= 4 is 11.7 Å². The molecule has 4 N–H and O–H groups in total. The van der Waals surface area contributed by atoms with Crippen LogP contribution in [0.3, 0.4) is 0 Å². The molecule has 6 heteroatoms. The van der Waals surface area contributed by atoms with Crippen molar-refractivity contribution in [2.45, 2.75) is 44.6 Å². The fourth-order valence-electron chi connectivity index (χ4n) is 2.79. The van der Waals surface area contributed by atoms with Crippen LogP contribution in [0.4, 0.5) is 0 Å². The van der Waals surface area contributed by atoms with Gasteiger partial charge in [0.05, 0.1) is 5.92 Å². The summed E-state index contributed by atoms with van der Waals surface area (Å²) < 4.78 is 0. The summed E-state index contributed by atoms with van der Waals surface area (Å²) in [5, 5.41) is 14.6. The minimum atomic E-state index is -0.550. The molecule has 0 aliphatic heterocycles. The van der Waals surface area contributed by atoms with E-state index in [9.17, 15) is 4.79 Å². The molecule has 1 saturated carbocycles. The van der Waals surface area contributed by atoms with Crippen LogP contribution in [-0.4, -0.2) is 48.0 Å². The Kier molecular flexibility index (Phi) is 5.60. The maximum absolute atomic E-state index is 12.1. The number of hydrogen-bond donors (Lipinski definition) is 3. The van der Waals surface area contributed by atoms with Crippen LogP contribution in [0.1, 0.15) is 39.0 Å². The highest BCUT2D eigenvalue weighted by molar-refractivity contribution is 6.02. The molecular formula is C13H26N4O2. The third kappa shape index (κ3) is 3.59. The quantitative estimate of drug-likeness (QED) is 0.287. The first-order chi connectivity index (χ1) is 8.96. The standard InChI is InChI=1S/C13H26N4O2/c1-4-10(11(14)16-19)12(18)15-9-13(17(2)3)7-5-6-8-13/h10,19H,4-9H2,1-3H3,(H2,14,16)(H,15,18). The van der Waals surface area contributed by atoms with Crippen LogP contribution in [0.5, 0.6) is 0 Å². The monoisotopic (exact) mass is 270 g/mol. The zero-order chi connectivity index (χ0) is 14.5. The Hall–Kier alpha value is -1.30. The van der Waals surface area contributed by atoms with Crippen molar-refractivity contribution in [1.82, 2.24) is 10.2 Å². The minimum Gasteiger partial charge on any atom is -0.409 e. The number of amides is 1. The molecule has 0 heterocycles. The fourth-order valence-corrected chi connectivity index (χ4v) is 2.79. The van der Waals surface area contributed by atoms with Crippen molar-refractivity contribution in [2.24, 2.45) is 16.8 Å². The van der Waals surface area contributed by atoms with Gasteiger partial charge in [0.1, 0.15) is 0 Å². The predicted octanol–water partition coefficient (Wildman–Crippen LogP) is 0.750. The normalized spacial score (nSPS) is 20.5. The molecule has 110 valence electrons. The summed E-state index contributed by atoms with van der Waals surface area (Å²) in [6.07, 6.45) is 5.12. The van der Waals surface area contributed by atoms with Crippen molar-refractivity contribution < 1.29 is 10.0 Å². The summed E-state index contributed by atoms with van der Waals surface area (Å²) in [5.41, 5.74) is 5.59. The molecule has 1 amide bonds. The number of hydrogen-bond acceptors (Lipinski definition) is 4. The van der Waals surface area contributed by atoms with Crippen LogP contribution in [-0.2, 0) is 4.79 Å². The second kappa shape index (κ2) is 6.75. The van der Waals surface area contributed by atoms with Crippen molar-refractivity contribution in [2.75, 3.05) is 20.6 Å². The van der Waals surface area contributed by atoms with Crippen LogP contribution in [0, 0.1) is 5.92 Å². The number of nitrogens with two attached hydrogens (primary N) is 1. The average Bonchev–Trinajstić information content (AvgIpc) is 2.87. The van der Waals surface area contributed by atoms with Gasteiger partial charge in [0, 0.05) is 12.1 Å². The van der Waals surface area contributed by atoms with E-state index in [1.165, 1.54) is 12.8 Å². The van der Waals surface area contributed by atoms with E-state index in [0.29, 0.717) is 13.0 Å². The summed E-state index contributed by atoms with van der Waals surface area (Å²) >= 11 is 0. The minimum absolute atomic E-state index is 0.0228. The lowest BCUT2D eigenvalue weighted by Crippen LogP contribution is -2.52. The molecule has 0 spiro atoms. The summed E-state index contributed by atoms with van der Waals surface area (Å²) in [6.45, 7) is 2.47. The number of carbonyl (C=O) groups is 1. The number of carbonyl (C=O) groups excluding carboxylic acids is 1. The lowest BCUT2D eigenvalue weighted by atomic mass is 9.95. The average molecular weight is 270 g/mol. The van der Waals surface area contributed by atoms with E-state index in [0.717, 1.165) is 12.8 Å². The van der Waals surface area contributed by atoms with Gasteiger partial charge in [-0.3, -0.25) is 4.79 Å². The van der Waals surface area contributed by atoms with Crippen molar-refractivity contribution in [3.63, 3.8) is 0 Å². The maximum atomic E-state index is 12.1. The lowest BCUT2D eigenvalue weighted by molar-refractivity contribution is -0.123. The molecule has 0 aromatic rings. The van der Waals surface area contributed by atoms with Crippen molar-refractivity contribution in [1.29, 1.82) is 0 Å². The van der Waals surface area contributed by atoms with Gasteiger partial charge in [-0.1, -0.05) is 24.9 Å².